The molecule has 1 aliphatic heterocycles. The average molecular weight is 139 g/mol. The molecule has 0 aromatic carbocycles. The molecule has 0 spiro atoms. The minimum absolute atomic E-state index is 0.170. The fraction of sp³-hybridized carbons (Fsp3) is 0.429. The smallest absolute Gasteiger partial charge is 0.234 e. The molecule has 10 heavy (non-hydrogen) atoms. The number of rotatable bonds is 0. The maximum absolute atomic E-state index is 5.42. The molecule has 3 nitrogen and oxygen atoms in total. The first-order valence-corrected chi connectivity index (χ1v) is 3.33. The van der Waals surface area contributed by atoms with Crippen LogP contribution in [0.15, 0.2) is 12.3 Å². The normalized spacial score (nSPS) is 22.7. The molecule has 54 valence electrons. The zero-order chi connectivity index (χ0) is 6.97. The van der Waals surface area contributed by atoms with Crippen LogP contribution in [0.4, 0.5) is 0 Å². The van der Waals surface area contributed by atoms with E-state index in [1.165, 1.54) is 0 Å². The predicted molar refractivity (Wildman–Crippen MR) is 36.4 cm³/mol. The highest BCUT2D eigenvalue weighted by atomic mass is 16.6. The van der Waals surface area contributed by atoms with Crippen molar-refractivity contribution in [3.8, 4) is 11.6 Å². The standard InChI is InChI=1S/C7H9NO2/c1-5-4-9-7-6(10-5)2-3-8-7/h2-3,5,8H,4H2,1H3. The van der Waals surface area contributed by atoms with E-state index in [-0.39, 0.29) is 6.10 Å². The minimum atomic E-state index is 0.170. The van der Waals surface area contributed by atoms with Crippen LogP contribution in [0, 0.1) is 0 Å². The van der Waals surface area contributed by atoms with Crippen molar-refractivity contribution in [1.29, 1.82) is 0 Å². The van der Waals surface area contributed by atoms with Gasteiger partial charge in [0.05, 0.1) is 0 Å². The Morgan fingerprint density at radius 3 is 3.50 bits per heavy atom. The lowest BCUT2D eigenvalue weighted by atomic mass is 10.4. The van der Waals surface area contributed by atoms with Gasteiger partial charge in [-0.05, 0) is 6.92 Å². The van der Waals surface area contributed by atoms with Gasteiger partial charge >= 0.3 is 0 Å². The summed E-state index contributed by atoms with van der Waals surface area (Å²) in [6, 6.07) is 1.87. The van der Waals surface area contributed by atoms with Crippen molar-refractivity contribution in [1.82, 2.24) is 4.98 Å². The molecule has 0 saturated heterocycles. The fourth-order valence-corrected chi connectivity index (χ4v) is 0.997. The summed E-state index contributed by atoms with van der Waals surface area (Å²) in [5, 5.41) is 0. The summed E-state index contributed by atoms with van der Waals surface area (Å²) in [5.41, 5.74) is 0. The van der Waals surface area contributed by atoms with Crippen molar-refractivity contribution in [2.45, 2.75) is 13.0 Å². The Balaban J connectivity index is 2.30. The summed E-state index contributed by atoms with van der Waals surface area (Å²) < 4.78 is 10.7. The number of fused-ring (bicyclic) bond motifs is 1. The Morgan fingerprint density at radius 2 is 2.60 bits per heavy atom. The molecule has 0 aliphatic carbocycles. The van der Waals surface area contributed by atoms with Crippen LogP contribution in [0.3, 0.4) is 0 Å². The summed E-state index contributed by atoms with van der Waals surface area (Å²) in [7, 11) is 0. The quantitative estimate of drug-likeness (QED) is 0.585. The van der Waals surface area contributed by atoms with Crippen molar-refractivity contribution >= 4 is 0 Å². The van der Waals surface area contributed by atoms with Gasteiger partial charge in [0, 0.05) is 12.3 Å². The topological polar surface area (TPSA) is 34.2 Å². The van der Waals surface area contributed by atoms with Crippen molar-refractivity contribution in [2.24, 2.45) is 0 Å². The molecule has 0 bridgehead atoms. The van der Waals surface area contributed by atoms with Gasteiger partial charge in [-0.15, -0.1) is 0 Å². The molecule has 1 unspecified atom stereocenters. The number of aromatic amines is 1. The van der Waals surface area contributed by atoms with Crippen molar-refractivity contribution in [3.05, 3.63) is 12.3 Å². The Morgan fingerprint density at radius 1 is 1.70 bits per heavy atom. The summed E-state index contributed by atoms with van der Waals surface area (Å²) in [6.07, 6.45) is 1.98. The van der Waals surface area contributed by atoms with Gasteiger partial charge in [0.1, 0.15) is 12.7 Å². The van der Waals surface area contributed by atoms with Gasteiger partial charge < -0.3 is 14.5 Å². The van der Waals surface area contributed by atoms with Gasteiger partial charge in [0.2, 0.25) is 5.88 Å². The Kier molecular flexibility index (Phi) is 1.09. The third-order valence-corrected chi connectivity index (χ3v) is 1.46. The number of aromatic nitrogens is 1. The van der Waals surface area contributed by atoms with Crippen LogP contribution in [0.5, 0.6) is 11.6 Å². The number of nitrogens with one attached hydrogen (secondary N) is 1. The van der Waals surface area contributed by atoms with Crippen LogP contribution in [0.2, 0.25) is 0 Å². The van der Waals surface area contributed by atoms with E-state index in [9.17, 15) is 0 Å². The largest absolute Gasteiger partial charge is 0.482 e. The van der Waals surface area contributed by atoms with E-state index in [0.717, 1.165) is 11.6 Å². The Hall–Kier alpha value is -1.12. The Labute approximate surface area is 59.0 Å². The highest BCUT2D eigenvalue weighted by Gasteiger charge is 2.16. The highest BCUT2D eigenvalue weighted by Crippen LogP contribution is 2.29. The Bertz CT molecular complexity index is 231. The molecule has 1 aromatic rings. The molecular formula is C7H9NO2. The van der Waals surface area contributed by atoms with E-state index in [4.69, 9.17) is 9.47 Å². The molecule has 1 N–H and O–H groups in total. The van der Waals surface area contributed by atoms with E-state index in [2.05, 4.69) is 4.98 Å². The predicted octanol–water partition coefficient (Wildman–Crippen LogP) is 1.17. The van der Waals surface area contributed by atoms with Crippen molar-refractivity contribution in [2.75, 3.05) is 6.61 Å². The summed E-state index contributed by atoms with van der Waals surface area (Å²) in [4.78, 5) is 2.93. The van der Waals surface area contributed by atoms with E-state index in [0.29, 0.717) is 6.61 Å². The second-order valence-electron chi connectivity index (χ2n) is 2.41. The number of hydrogen-bond acceptors (Lipinski definition) is 2. The molecular weight excluding hydrogens is 130 g/mol. The van der Waals surface area contributed by atoms with Crippen molar-refractivity contribution in [3.63, 3.8) is 0 Å². The van der Waals surface area contributed by atoms with Crippen LogP contribution in [-0.2, 0) is 0 Å². The first-order valence-electron chi connectivity index (χ1n) is 3.33. The SMILES string of the molecule is CC1COc2[nH]ccc2O1. The van der Waals surface area contributed by atoms with Gasteiger partial charge in [-0.25, -0.2) is 0 Å². The third-order valence-electron chi connectivity index (χ3n) is 1.46. The molecule has 1 atom stereocenters. The van der Waals surface area contributed by atoms with E-state index in [1.54, 1.807) is 0 Å². The van der Waals surface area contributed by atoms with E-state index >= 15 is 0 Å². The second-order valence-corrected chi connectivity index (χ2v) is 2.41. The van der Waals surface area contributed by atoms with Crippen LogP contribution < -0.4 is 9.47 Å². The van der Waals surface area contributed by atoms with Crippen LogP contribution in [-0.4, -0.2) is 17.7 Å². The molecule has 1 aliphatic rings. The molecule has 3 heteroatoms. The molecule has 0 amide bonds. The van der Waals surface area contributed by atoms with Gasteiger partial charge in [-0.1, -0.05) is 0 Å². The monoisotopic (exact) mass is 139 g/mol. The molecule has 0 fully saturated rings. The lowest BCUT2D eigenvalue weighted by Gasteiger charge is -2.20. The van der Waals surface area contributed by atoms with Crippen LogP contribution >= 0.6 is 0 Å². The maximum atomic E-state index is 5.42. The van der Waals surface area contributed by atoms with Gasteiger partial charge in [0.25, 0.3) is 0 Å². The molecule has 2 heterocycles. The van der Waals surface area contributed by atoms with E-state index < -0.39 is 0 Å². The van der Waals surface area contributed by atoms with Gasteiger partial charge in [-0.2, -0.15) is 0 Å². The summed E-state index contributed by atoms with van der Waals surface area (Å²) in [6.45, 7) is 2.61. The second kappa shape index (κ2) is 1.94. The zero-order valence-corrected chi connectivity index (χ0v) is 5.76. The lowest BCUT2D eigenvalue weighted by Crippen LogP contribution is -2.25. The number of ether oxygens (including phenoxy) is 2. The summed E-state index contributed by atoms with van der Waals surface area (Å²) >= 11 is 0. The first kappa shape index (κ1) is 5.65. The molecule has 0 saturated carbocycles. The fourth-order valence-electron chi connectivity index (χ4n) is 0.997. The van der Waals surface area contributed by atoms with Gasteiger partial charge in [-0.3, -0.25) is 0 Å². The van der Waals surface area contributed by atoms with Gasteiger partial charge in [0.15, 0.2) is 5.75 Å². The molecule has 2 rings (SSSR count). The molecule has 1 aromatic heterocycles. The van der Waals surface area contributed by atoms with Crippen LogP contribution in [0.25, 0.3) is 0 Å². The first-order chi connectivity index (χ1) is 4.86. The average Bonchev–Trinajstić information content (AvgIpc) is 2.33. The van der Waals surface area contributed by atoms with E-state index in [1.807, 2.05) is 19.2 Å². The highest BCUT2D eigenvalue weighted by molar-refractivity contribution is 5.34. The maximum Gasteiger partial charge on any atom is 0.234 e. The number of H-pyrrole nitrogens is 1. The third kappa shape index (κ3) is 0.744. The van der Waals surface area contributed by atoms with Crippen LogP contribution in [0.1, 0.15) is 6.92 Å². The summed E-state index contributed by atoms with van der Waals surface area (Å²) in [5.74, 6) is 1.57. The molecule has 0 radical (unpaired) electrons. The zero-order valence-electron chi connectivity index (χ0n) is 5.76. The van der Waals surface area contributed by atoms with Crippen molar-refractivity contribution < 1.29 is 9.47 Å². The number of hydrogen-bond donors (Lipinski definition) is 1. The minimum Gasteiger partial charge on any atom is -0.482 e. The lowest BCUT2D eigenvalue weighted by molar-refractivity contribution is 0.101.